The van der Waals surface area contributed by atoms with Crippen LogP contribution >= 0.6 is 0 Å². The number of aryl methyl sites for hydroxylation is 1. The van der Waals surface area contributed by atoms with E-state index >= 15 is 0 Å². The number of aromatic nitrogens is 2. The maximum atomic E-state index is 12.6. The van der Waals surface area contributed by atoms with Crippen LogP contribution in [0, 0.1) is 6.92 Å². The van der Waals surface area contributed by atoms with Gasteiger partial charge in [0, 0.05) is 11.8 Å². The summed E-state index contributed by atoms with van der Waals surface area (Å²) < 4.78 is 43.2. The lowest BCUT2D eigenvalue weighted by Crippen LogP contribution is -2.04. The van der Waals surface area contributed by atoms with Gasteiger partial charge in [-0.2, -0.15) is 13.2 Å². The Morgan fingerprint density at radius 1 is 1.15 bits per heavy atom. The number of alkyl halides is 3. The number of fused-ring (bicyclic) bond motifs is 1. The first kappa shape index (κ1) is 12.7. The summed E-state index contributed by atoms with van der Waals surface area (Å²) in [5, 5.41) is 0. The number of nitrogens with zero attached hydrogens (tertiary/aromatic N) is 2. The van der Waals surface area contributed by atoms with Crippen molar-refractivity contribution in [1.82, 2.24) is 9.97 Å². The van der Waals surface area contributed by atoms with Crippen molar-refractivity contribution < 1.29 is 17.6 Å². The van der Waals surface area contributed by atoms with E-state index in [-0.39, 0.29) is 17.1 Å². The van der Waals surface area contributed by atoms with Crippen molar-refractivity contribution in [2.24, 2.45) is 0 Å². The molecule has 0 amide bonds. The maximum absolute atomic E-state index is 12.6. The molecule has 0 aliphatic carbocycles. The summed E-state index contributed by atoms with van der Waals surface area (Å²) in [4.78, 5) is 7.76. The highest BCUT2D eigenvalue weighted by Gasteiger charge is 2.31. The molecule has 1 aromatic carbocycles. The minimum absolute atomic E-state index is 0.0938. The first-order valence-electron chi connectivity index (χ1n) is 5.85. The normalized spacial score (nSPS) is 12.0. The second-order valence-corrected chi connectivity index (χ2v) is 4.38. The first-order chi connectivity index (χ1) is 9.45. The van der Waals surface area contributed by atoms with Crippen molar-refractivity contribution in [3.8, 4) is 11.5 Å². The lowest BCUT2D eigenvalue weighted by Gasteiger charge is -2.03. The molecule has 3 aromatic rings. The van der Waals surface area contributed by atoms with Crippen molar-refractivity contribution in [1.29, 1.82) is 0 Å². The summed E-state index contributed by atoms with van der Waals surface area (Å²) in [5.41, 5.74) is 1.01. The number of rotatable bonds is 1. The molecule has 102 valence electrons. The Hall–Kier alpha value is -2.37. The summed E-state index contributed by atoms with van der Waals surface area (Å²) in [5.74, 6) is 0.268. The minimum atomic E-state index is -4.44. The van der Waals surface area contributed by atoms with Crippen LogP contribution in [0.5, 0.6) is 0 Å². The molecule has 0 saturated carbocycles. The van der Waals surface area contributed by atoms with Crippen molar-refractivity contribution in [2.45, 2.75) is 13.1 Å². The van der Waals surface area contributed by atoms with Crippen LogP contribution < -0.4 is 0 Å². The molecule has 0 fully saturated rings. The molecular formula is C14H9F3N2O. The summed E-state index contributed by atoms with van der Waals surface area (Å²) in [6.45, 7) is 1.87. The molecular weight excluding hydrogens is 269 g/mol. The number of oxazole rings is 1. The third-order valence-electron chi connectivity index (χ3n) is 2.95. The van der Waals surface area contributed by atoms with E-state index < -0.39 is 11.7 Å². The quantitative estimate of drug-likeness (QED) is 0.669. The molecule has 2 aromatic heterocycles. The van der Waals surface area contributed by atoms with Crippen molar-refractivity contribution in [3.05, 3.63) is 47.7 Å². The highest BCUT2D eigenvalue weighted by atomic mass is 19.4. The van der Waals surface area contributed by atoms with E-state index in [9.17, 15) is 13.2 Å². The summed E-state index contributed by atoms with van der Waals surface area (Å²) >= 11 is 0. The topological polar surface area (TPSA) is 38.9 Å². The van der Waals surface area contributed by atoms with Gasteiger partial charge >= 0.3 is 6.18 Å². The van der Waals surface area contributed by atoms with Gasteiger partial charge in [-0.3, -0.25) is 0 Å². The van der Waals surface area contributed by atoms with Crippen LogP contribution in [0.1, 0.15) is 11.1 Å². The summed E-state index contributed by atoms with van der Waals surface area (Å²) in [6, 6.07) is 8.28. The number of hydrogen-bond donors (Lipinski definition) is 0. The third-order valence-corrected chi connectivity index (χ3v) is 2.95. The van der Waals surface area contributed by atoms with Gasteiger partial charge in [0.1, 0.15) is 5.52 Å². The van der Waals surface area contributed by atoms with Crippen LogP contribution in [-0.4, -0.2) is 9.97 Å². The summed E-state index contributed by atoms with van der Waals surface area (Å²) in [6.07, 6.45) is -3.70. The Morgan fingerprint density at radius 2 is 1.90 bits per heavy atom. The molecule has 0 aliphatic rings. The van der Waals surface area contributed by atoms with Crippen LogP contribution in [0.15, 0.2) is 40.9 Å². The van der Waals surface area contributed by atoms with Gasteiger partial charge in [-0.15, -0.1) is 0 Å². The first-order valence-corrected chi connectivity index (χ1v) is 5.85. The van der Waals surface area contributed by atoms with E-state index in [0.29, 0.717) is 0 Å². The average molecular weight is 278 g/mol. The Kier molecular flexibility index (Phi) is 2.74. The molecule has 0 unspecified atom stereocenters. The van der Waals surface area contributed by atoms with Crippen LogP contribution in [0.2, 0.25) is 0 Å². The van der Waals surface area contributed by atoms with Crippen molar-refractivity contribution in [3.63, 3.8) is 0 Å². The molecule has 3 nitrogen and oxygen atoms in total. The van der Waals surface area contributed by atoms with E-state index in [1.165, 1.54) is 0 Å². The van der Waals surface area contributed by atoms with Crippen LogP contribution in [0.25, 0.3) is 22.7 Å². The molecule has 6 heteroatoms. The fourth-order valence-corrected chi connectivity index (χ4v) is 1.91. The maximum Gasteiger partial charge on any atom is 0.417 e. The van der Waals surface area contributed by atoms with Gasteiger partial charge < -0.3 is 4.42 Å². The fraction of sp³-hybridized carbons (Fsp3) is 0.143. The molecule has 0 spiro atoms. The van der Waals surface area contributed by atoms with Gasteiger partial charge in [0.15, 0.2) is 0 Å². The molecule has 0 bridgehead atoms. The lowest BCUT2D eigenvalue weighted by atomic mass is 10.1. The largest absolute Gasteiger partial charge is 0.418 e. The molecule has 2 heterocycles. The van der Waals surface area contributed by atoms with E-state index in [0.717, 1.165) is 23.4 Å². The fourth-order valence-electron chi connectivity index (χ4n) is 1.91. The Morgan fingerprint density at radius 3 is 2.60 bits per heavy atom. The Bertz CT molecular complexity index is 777. The summed E-state index contributed by atoms with van der Waals surface area (Å²) in [7, 11) is 0. The number of pyridine rings is 1. The van der Waals surface area contributed by atoms with Gasteiger partial charge in [-0.25, -0.2) is 9.97 Å². The van der Waals surface area contributed by atoms with Gasteiger partial charge in [0.05, 0.1) is 5.56 Å². The van der Waals surface area contributed by atoms with Gasteiger partial charge in [-0.1, -0.05) is 18.2 Å². The van der Waals surface area contributed by atoms with Crippen LogP contribution in [-0.2, 0) is 6.18 Å². The third kappa shape index (κ3) is 2.13. The Balaban J connectivity index is 2.14. The number of halogens is 3. The molecule has 0 aliphatic heterocycles. The zero-order valence-corrected chi connectivity index (χ0v) is 10.4. The van der Waals surface area contributed by atoms with Crippen molar-refractivity contribution >= 4 is 11.2 Å². The van der Waals surface area contributed by atoms with Crippen molar-refractivity contribution in [2.75, 3.05) is 0 Å². The second-order valence-electron chi connectivity index (χ2n) is 4.38. The van der Waals surface area contributed by atoms with Crippen LogP contribution in [0.4, 0.5) is 13.2 Å². The predicted octanol–water partition coefficient (Wildman–Crippen LogP) is 4.22. The zero-order chi connectivity index (χ0) is 14.3. The van der Waals surface area contributed by atoms with E-state index in [1.807, 2.05) is 25.1 Å². The molecule has 0 atom stereocenters. The standard InChI is InChI=1S/C14H9F3N2O/c1-8-4-2-3-5-10(8)12-19-11-6-9(14(15,16)17)7-18-13(11)20-12/h2-7H,1H3. The van der Waals surface area contributed by atoms with Gasteiger partial charge in [0.2, 0.25) is 11.6 Å². The average Bonchev–Trinajstić information content (AvgIpc) is 2.80. The van der Waals surface area contributed by atoms with Gasteiger partial charge in [-0.05, 0) is 24.6 Å². The molecule has 3 rings (SSSR count). The SMILES string of the molecule is Cc1ccccc1-c1nc2cc(C(F)(F)F)cnc2o1. The predicted molar refractivity (Wildman–Crippen MR) is 67.0 cm³/mol. The monoisotopic (exact) mass is 278 g/mol. The zero-order valence-electron chi connectivity index (χ0n) is 10.4. The second kappa shape index (κ2) is 4.33. The molecule has 20 heavy (non-hydrogen) atoms. The Labute approximate surface area is 112 Å². The highest BCUT2D eigenvalue weighted by Crippen LogP contribution is 2.32. The lowest BCUT2D eigenvalue weighted by molar-refractivity contribution is -0.137. The highest BCUT2D eigenvalue weighted by molar-refractivity contribution is 5.74. The number of benzene rings is 1. The number of hydrogen-bond acceptors (Lipinski definition) is 3. The van der Waals surface area contributed by atoms with Gasteiger partial charge in [0.25, 0.3) is 0 Å². The minimum Gasteiger partial charge on any atom is -0.418 e. The van der Waals surface area contributed by atoms with E-state index in [4.69, 9.17) is 4.42 Å². The smallest absolute Gasteiger partial charge is 0.417 e. The molecule has 0 saturated heterocycles. The molecule has 0 radical (unpaired) electrons. The van der Waals surface area contributed by atoms with Crippen LogP contribution in [0.3, 0.4) is 0 Å². The van der Waals surface area contributed by atoms with E-state index in [1.54, 1.807) is 6.07 Å². The molecule has 0 N–H and O–H groups in total. The van der Waals surface area contributed by atoms with E-state index in [2.05, 4.69) is 9.97 Å².